The lowest BCUT2D eigenvalue weighted by molar-refractivity contribution is 0.250. The van der Waals surface area contributed by atoms with E-state index in [0.717, 1.165) is 49.6 Å². The van der Waals surface area contributed by atoms with Crippen LogP contribution in [0.25, 0.3) is 16.6 Å². The van der Waals surface area contributed by atoms with E-state index in [2.05, 4.69) is 43.6 Å². The van der Waals surface area contributed by atoms with Gasteiger partial charge in [-0.2, -0.15) is 0 Å². The van der Waals surface area contributed by atoms with Gasteiger partial charge in [0.2, 0.25) is 0 Å². The van der Waals surface area contributed by atoms with E-state index in [1.807, 2.05) is 36.4 Å². The van der Waals surface area contributed by atoms with Crippen molar-refractivity contribution in [3.63, 3.8) is 0 Å². The third kappa shape index (κ3) is 3.36. The number of methoxy groups -OCH3 is 1. The summed E-state index contributed by atoms with van der Waals surface area (Å²) in [5, 5.41) is 0.717. The van der Waals surface area contributed by atoms with Crippen LogP contribution in [0, 0.1) is 0 Å². The molecular formula is C23H24N4O2. The lowest BCUT2D eigenvalue weighted by Gasteiger charge is -2.36. The summed E-state index contributed by atoms with van der Waals surface area (Å²) in [7, 11) is 1.70. The van der Waals surface area contributed by atoms with Gasteiger partial charge in [0, 0.05) is 50.7 Å². The third-order valence-electron chi connectivity index (χ3n) is 5.72. The number of hydrogen-bond acceptors (Lipinski definition) is 4. The molecule has 29 heavy (non-hydrogen) atoms. The minimum Gasteiger partial charge on any atom is -0.497 e. The number of hydrogen-bond donors (Lipinski definition) is 1. The third-order valence-corrected chi connectivity index (χ3v) is 5.72. The van der Waals surface area contributed by atoms with Crippen molar-refractivity contribution in [1.29, 1.82) is 0 Å². The van der Waals surface area contributed by atoms with Gasteiger partial charge in [0.05, 0.1) is 18.0 Å². The number of piperazine rings is 1. The Morgan fingerprint density at radius 1 is 1.00 bits per heavy atom. The van der Waals surface area contributed by atoms with Gasteiger partial charge in [-0.3, -0.25) is 9.69 Å². The second-order valence-electron chi connectivity index (χ2n) is 7.54. The molecule has 1 saturated heterocycles. The van der Waals surface area contributed by atoms with Crippen LogP contribution in [0.1, 0.15) is 5.56 Å². The van der Waals surface area contributed by atoms with Crippen LogP contribution in [0.4, 0.5) is 5.69 Å². The Balaban J connectivity index is 1.32. The van der Waals surface area contributed by atoms with Crippen molar-refractivity contribution in [3.8, 4) is 5.75 Å². The zero-order valence-electron chi connectivity index (χ0n) is 16.5. The Hall–Kier alpha value is -3.25. The van der Waals surface area contributed by atoms with Crippen molar-refractivity contribution in [2.24, 2.45) is 0 Å². The zero-order valence-corrected chi connectivity index (χ0v) is 16.5. The van der Waals surface area contributed by atoms with Crippen molar-refractivity contribution in [2.75, 3.05) is 38.2 Å². The normalized spacial score (nSPS) is 15.3. The van der Waals surface area contributed by atoms with Crippen LogP contribution in [-0.4, -0.2) is 47.6 Å². The fourth-order valence-corrected chi connectivity index (χ4v) is 4.19. The number of aromatic amines is 1. The molecule has 1 aliphatic rings. The summed E-state index contributed by atoms with van der Waals surface area (Å²) in [6.45, 7) is 4.85. The van der Waals surface area contributed by atoms with Crippen LogP contribution in [-0.2, 0) is 6.54 Å². The van der Waals surface area contributed by atoms with Crippen LogP contribution < -0.4 is 15.2 Å². The van der Waals surface area contributed by atoms with Gasteiger partial charge in [0.25, 0.3) is 5.56 Å². The van der Waals surface area contributed by atoms with Crippen LogP contribution in [0.15, 0.2) is 65.6 Å². The van der Waals surface area contributed by atoms with Crippen LogP contribution in [0.5, 0.6) is 5.75 Å². The Morgan fingerprint density at radius 2 is 1.83 bits per heavy atom. The van der Waals surface area contributed by atoms with Gasteiger partial charge in [-0.15, -0.1) is 0 Å². The Labute approximate surface area is 168 Å². The first-order chi connectivity index (χ1) is 14.2. The number of para-hydroxylation sites is 1. The molecular weight excluding hydrogens is 364 g/mol. The lowest BCUT2D eigenvalue weighted by atomic mass is 10.2. The molecule has 2 aromatic carbocycles. The maximum absolute atomic E-state index is 12.3. The number of ether oxygens (including phenoxy) is 1. The molecule has 0 atom stereocenters. The van der Waals surface area contributed by atoms with Crippen molar-refractivity contribution < 1.29 is 4.74 Å². The highest BCUT2D eigenvalue weighted by Gasteiger charge is 2.18. The molecule has 1 aliphatic heterocycles. The Bertz CT molecular complexity index is 1220. The van der Waals surface area contributed by atoms with E-state index in [4.69, 9.17) is 4.74 Å². The van der Waals surface area contributed by atoms with Crippen LogP contribution >= 0.6 is 0 Å². The predicted molar refractivity (Wildman–Crippen MR) is 116 cm³/mol. The number of nitrogens with zero attached hydrogens (tertiary/aromatic N) is 3. The molecule has 4 aromatic rings. The average Bonchev–Trinajstić information content (AvgIpc) is 3.17. The number of anilines is 1. The molecule has 5 rings (SSSR count). The van der Waals surface area contributed by atoms with E-state index in [-0.39, 0.29) is 5.56 Å². The smallest absolute Gasteiger partial charge is 0.258 e. The molecule has 0 amide bonds. The Morgan fingerprint density at radius 3 is 2.66 bits per heavy atom. The number of nitrogens with one attached hydrogen (secondary N) is 1. The van der Waals surface area contributed by atoms with Gasteiger partial charge in [0.15, 0.2) is 0 Å². The van der Waals surface area contributed by atoms with Gasteiger partial charge in [-0.25, -0.2) is 0 Å². The summed E-state index contributed by atoms with van der Waals surface area (Å²) in [5.74, 6) is 0.895. The lowest BCUT2D eigenvalue weighted by Crippen LogP contribution is -2.45. The van der Waals surface area contributed by atoms with Gasteiger partial charge in [-0.1, -0.05) is 18.2 Å². The fourth-order valence-electron chi connectivity index (χ4n) is 4.19. The maximum atomic E-state index is 12.3. The van der Waals surface area contributed by atoms with E-state index >= 15 is 0 Å². The molecule has 2 aromatic heterocycles. The van der Waals surface area contributed by atoms with Gasteiger partial charge in [0.1, 0.15) is 11.4 Å². The molecule has 6 heteroatoms. The summed E-state index contributed by atoms with van der Waals surface area (Å²) in [6.07, 6.45) is 2.14. The number of benzene rings is 2. The van der Waals surface area contributed by atoms with Crippen molar-refractivity contribution in [1.82, 2.24) is 14.3 Å². The molecule has 0 unspecified atom stereocenters. The number of fused-ring (bicyclic) bond motifs is 3. The highest BCUT2D eigenvalue weighted by molar-refractivity contribution is 5.80. The quantitative estimate of drug-likeness (QED) is 0.584. The molecule has 6 nitrogen and oxygen atoms in total. The minimum absolute atomic E-state index is 0.0374. The number of aromatic nitrogens is 2. The first kappa shape index (κ1) is 17.8. The van der Waals surface area contributed by atoms with E-state index in [0.29, 0.717) is 5.39 Å². The first-order valence-corrected chi connectivity index (χ1v) is 9.94. The minimum atomic E-state index is -0.0374. The monoisotopic (exact) mass is 388 g/mol. The number of rotatable bonds is 4. The van der Waals surface area contributed by atoms with E-state index in [9.17, 15) is 4.79 Å². The van der Waals surface area contributed by atoms with Gasteiger partial charge >= 0.3 is 0 Å². The summed E-state index contributed by atoms with van der Waals surface area (Å²) in [5.41, 5.74) is 4.18. The summed E-state index contributed by atoms with van der Waals surface area (Å²) in [6, 6.07) is 18.1. The zero-order chi connectivity index (χ0) is 19.8. The molecule has 148 valence electrons. The summed E-state index contributed by atoms with van der Waals surface area (Å²) >= 11 is 0. The molecule has 0 aliphatic carbocycles. The average molecular weight is 388 g/mol. The second-order valence-corrected chi connectivity index (χ2v) is 7.54. The molecule has 0 saturated carbocycles. The predicted octanol–water partition coefficient (Wildman–Crippen LogP) is 3.11. The van der Waals surface area contributed by atoms with Crippen LogP contribution in [0.2, 0.25) is 0 Å². The van der Waals surface area contributed by atoms with E-state index < -0.39 is 0 Å². The first-order valence-electron chi connectivity index (χ1n) is 9.94. The van der Waals surface area contributed by atoms with Crippen LogP contribution in [0.3, 0.4) is 0 Å². The molecule has 0 bridgehead atoms. The topological polar surface area (TPSA) is 53.0 Å². The van der Waals surface area contributed by atoms with E-state index in [1.165, 1.54) is 11.3 Å². The molecule has 0 radical (unpaired) electrons. The molecule has 3 heterocycles. The van der Waals surface area contributed by atoms with Gasteiger partial charge in [-0.05, 0) is 35.9 Å². The van der Waals surface area contributed by atoms with Crippen molar-refractivity contribution >= 4 is 22.2 Å². The Kier molecular flexibility index (Phi) is 4.48. The van der Waals surface area contributed by atoms with Gasteiger partial charge < -0.3 is 19.0 Å². The summed E-state index contributed by atoms with van der Waals surface area (Å²) in [4.78, 5) is 20.2. The standard InChI is InChI=1S/C23H24N4O2/c1-29-19-6-4-5-18(14-19)26-11-9-25(10-12-26)15-17-13-22-24-23(28)20-7-2-3-8-21(20)27(22)16-17/h2-8,13-14,16H,9-12,15H2,1H3,(H,24,28). The molecule has 1 fully saturated rings. The maximum Gasteiger partial charge on any atom is 0.258 e. The molecule has 0 spiro atoms. The summed E-state index contributed by atoms with van der Waals surface area (Å²) < 4.78 is 7.43. The van der Waals surface area contributed by atoms with Crippen molar-refractivity contribution in [2.45, 2.75) is 6.54 Å². The van der Waals surface area contributed by atoms with E-state index in [1.54, 1.807) is 7.11 Å². The number of H-pyrrole nitrogens is 1. The molecule has 1 N–H and O–H groups in total. The highest BCUT2D eigenvalue weighted by Crippen LogP contribution is 2.23. The second kappa shape index (κ2) is 7.29. The fraction of sp³-hybridized carbons (Fsp3) is 0.261. The highest BCUT2D eigenvalue weighted by atomic mass is 16.5. The van der Waals surface area contributed by atoms with Crippen molar-refractivity contribution in [3.05, 3.63) is 76.7 Å². The SMILES string of the molecule is COc1cccc(N2CCN(Cc3cc4[nH]c(=O)c5ccccc5n4c3)CC2)c1. The largest absolute Gasteiger partial charge is 0.497 e.